The van der Waals surface area contributed by atoms with Crippen molar-refractivity contribution in [1.29, 1.82) is 0 Å². The molecule has 1 fully saturated rings. The van der Waals surface area contributed by atoms with Crippen molar-refractivity contribution in [2.45, 2.75) is 40.0 Å². The first-order valence-electron chi connectivity index (χ1n) is 4.77. The van der Waals surface area contributed by atoms with Gasteiger partial charge in [0.25, 0.3) is 0 Å². The summed E-state index contributed by atoms with van der Waals surface area (Å²) in [6, 6.07) is 0. The molecule has 12 heavy (non-hydrogen) atoms. The Hall–Kier alpha value is -0.590. The normalized spacial score (nSPS) is 31.4. The summed E-state index contributed by atoms with van der Waals surface area (Å²) in [6.07, 6.45) is 3.68. The van der Waals surface area contributed by atoms with E-state index >= 15 is 0 Å². The zero-order valence-corrected chi connectivity index (χ0v) is 8.11. The van der Waals surface area contributed by atoms with Gasteiger partial charge in [0.05, 0.1) is 0 Å². The molecule has 0 spiro atoms. The van der Waals surface area contributed by atoms with Crippen LogP contribution in [0.4, 0.5) is 0 Å². The Bertz CT molecular complexity index is 271. The number of ketones is 1. The van der Waals surface area contributed by atoms with Gasteiger partial charge in [0.1, 0.15) is 0 Å². The Balaban J connectivity index is 2.47. The predicted octanol–water partition coefficient (Wildman–Crippen LogP) is 2.71. The second-order valence-electron chi connectivity index (χ2n) is 4.70. The number of carbonyl (C=O) groups is 1. The number of hydrogen-bond donors (Lipinski definition) is 0. The Labute approximate surface area is 73.8 Å². The number of fused-ring (bicyclic) bond motifs is 2. The first-order chi connectivity index (χ1) is 5.53. The molecule has 1 unspecified atom stereocenters. The van der Waals surface area contributed by atoms with Crippen LogP contribution in [-0.4, -0.2) is 5.78 Å². The molecule has 0 heterocycles. The lowest BCUT2D eigenvalue weighted by Crippen LogP contribution is -2.25. The highest BCUT2D eigenvalue weighted by atomic mass is 16.1. The first-order valence-corrected chi connectivity index (χ1v) is 4.77. The molecule has 0 radical (unpaired) electrons. The van der Waals surface area contributed by atoms with E-state index in [1.54, 1.807) is 6.92 Å². The Kier molecular flexibility index (Phi) is 1.48. The maximum Gasteiger partial charge on any atom is 0.156 e. The van der Waals surface area contributed by atoms with Gasteiger partial charge in [-0.25, -0.2) is 0 Å². The van der Waals surface area contributed by atoms with Crippen molar-refractivity contribution >= 4 is 5.78 Å². The molecule has 2 bridgehead atoms. The van der Waals surface area contributed by atoms with Crippen molar-refractivity contribution in [3.8, 4) is 0 Å². The van der Waals surface area contributed by atoms with E-state index in [-0.39, 0.29) is 5.41 Å². The van der Waals surface area contributed by atoms with Gasteiger partial charge < -0.3 is 0 Å². The number of carbonyl (C=O) groups excluding carboxylic acids is 1. The lowest BCUT2D eigenvalue weighted by atomic mass is 9.73. The summed E-state index contributed by atoms with van der Waals surface area (Å²) in [5.74, 6) is 1.06. The van der Waals surface area contributed by atoms with Gasteiger partial charge in [0.2, 0.25) is 0 Å². The Morgan fingerprint density at radius 1 is 1.50 bits per heavy atom. The molecular formula is C11H16O. The molecule has 1 heteroatoms. The van der Waals surface area contributed by atoms with Crippen molar-refractivity contribution < 1.29 is 4.79 Å². The van der Waals surface area contributed by atoms with Gasteiger partial charge in [-0.15, -0.1) is 0 Å². The molecule has 1 atom stereocenters. The summed E-state index contributed by atoms with van der Waals surface area (Å²) >= 11 is 0. The molecule has 66 valence electrons. The molecule has 0 aromatic heterocycles. The Morgan fingerprint density at radius 2 is 2.17 bits per heavy atom. The largest absolute Gasteiger partial charge is 0.295 e. The maximum atomic E-state index is 11.4. The quantitative estimate of drug-likeness (QED) is 0.582. The fourth-order valence-electron chi connectivity index (χ4n) is 3.06. The van der Waals surface area contributed by atoms with E-state index in [0.717, 1.165) is 11.5 Å². The minimum absolute atomic E-state index is 0.180. The van der Waals surface area contributed by atoms with Gasteiger partial charge in [-0.1, -0.05) is 19.4 Å². The van der Waals surface area contributed by atoms with Crippen molar-refractivity contribution in [1.82, 2.24) is 0 Å². The SMILES string of the molecule is CC(=O)C1=C2CCC(C2)C1(C)C. The third-order valence-corrected chi connectivity index (χ3v) is 3.66. The lowest BCUT2D eigenvalue weighted by Gasteiger charge is -2.31. The van der Waals surface area contributed by atoms with Gasteiger partial charge in [0, 0.05) is 0 Å². The van der Waals surface area contributed by atoms with Crippen LogP contribution in [0.2, 0.25) is 0 Å². The topological polar surface area (TPSA) is 17.1 Å². The molecule has 1 nitrogen and oxygen atoms in total. The summed E-state index contributed by atoms with van der Waals surface area (Å²) < 4.78 is 0. The zero-order chi connectivity index (χ0) is 8.93. The Morgan fingerprint density at radius 3 is 2.50 bits per heavy atom. The number of hydrogen-bond acceptors (Lipinski definition) is 1. The molecule has 0 aromatic carbocycles. The second-order valence-corrected chi connectivity index (χ2v) is 4.70. The van der Waals surface area contributed by atoms with E-state index in [1.165, 1.54) is 24.8 Å². The highest BCUT2D eigenvalue weighted by Crippen LogP contribution is 2.55. The van der Waals surface area contributed by atoms with Crippen molar-refractivity contribution in [2.75, 3.05) is 0 Å². The summed E-state index contributed by atoms with van der Waals surface area (Å²) in [5, 5.41) is 0. The van der Waals surface area contributed by atoms with E-state index in [9.17, 15) is 4.79 Å². The number of Topliss-reactive ketones (excluding diaryl/α,β-unsaturated/α-hetero) is 1. The zero-order valence-electron chi connectivity index (χ0n) is 8.11. The monoisotopic (exact) mass is 164 g/mol. The molecule has 1 saturated carbocycles. The third-order valence-electron chi connectivity index (χ3n) is 3.66. The maximum absolute atomic E-state index is 11.4. The molecular weight excluding hydrogens is 148 g/mol. The predicted molar refractivity (Wildman–Crippen MR) is 48.8 cm³/mol. The fourth-order valence-corrected chi connectivity index (χ4v) is 3.06. The molecule has 0 saturated heterocycles. The van der Waals surface area contributed by atoms with Crippen molar-refractivity contribution in [3.05, 3.63) is 11.1 Å². The highest BCUT2D eigenvalue weighted by molar-refractivity contribution is 5.96. The van der Waals surface area contributed by atoms with Crippen LogP contribution < -0.4 is 0 Å². The summed E-state index contributed by atoms with van der Waals surface area (Å²) in [6.45, 7) is 6.16. The van der Waals surface area contributed by atoms with Gasteiger partial charge >= 0.3 is 0 Å². The van der Waals surface area contributed by atoms with Crippen LogP contribution in [0.15, 0.2) is 11.1 Å². The van der Waals surface area contributed by atoms with Gasteiger partial charge in [0.15, 0.2) is 5.78 Å². The van der Waals surface area contributed by atoms with Crippen LogP contribution in [0, 0.1) is 11.3 Å². The van der Waals surface area contributed by atoms with Crippen LogP contribution in [0.5, 0.6) is 0 Å². The minimum Gasteiger partial charge on any atom is -0.295 e. The van der Waals surface area contributed by atoms with Crippen LogP contribution in [-0.2, 0) is 4.79 Å². The average molecular weight is 164 g/mol. The molecule has 0 N–H and O–H groups in total. The van der Waals surface area contributed by atoms with E-state index < -0.39 is 0 Å². The van der Waals surface area contributed by atoms with Gasteiger partial charge in [-0.2, -0.15) is 0 Å². The van der Waals surface area contributed by atoms with E-state index in [2.05, 4.69) is 13.8 Å². The second kappa shape index (κ2) is 2.21. The number of allylic oxidation sites excluding steroid dienone is 2. The minimum atomic E-state index is 0.180. The molecule has 2 aliphatic carbocycles. The van der Waals surface area contributed by atoms with Crippen LogP contribution in [0.25, 0.3) is 0 Å². The third kappa shape index (κ3) is 0.825. The van der Waals surface area contributed by atoms with Crippen LogP contribution in [0.1, 0.15) is 40.0 Å². The number of rotatable bonds is 1. The average Bonchev–Trinajstić information content (AvgIpc) is 2.41. The van der Waals surface area contributed by atoms with Crippen molar-refractivity contribution in [3.63, 3.8) is 0 Å². The van der Waals surface area contributed by atoms with Crippen molar-refractivity contribution in [2.24, 2.45) is 11.3 Å². The summed E-state index contributed by atoms with van der Waals surface area (Å²) in [7, 11) is 0. The summed E-state index contributed by atoms with van der Waals surface area (Å²) in [5.41, 5.74) is 2.79. The van der Waals surface area contributed by atoms with Gasteiger partial charge in [-0.3, -0.25) is 4.79 Å². The molecule has 2 aliphatic rings. The molecule has 0 aliphatic heterocycles. The smallest absolute Gasteiger partial charge is 0.156 e. The highest BCUT2D eigenvalue weighted by Gasteiger charge is 2.46. The molecule has 2 rings (SSSR count). The standard InChI is InChI=1S/C11H16O/c1-7(12)10-8-4-5-9(6-8)11(10,2)3/h9H,4-6H2,1-3H3. The van der Waals surface area contributed by atoms with Gasteiger partial charge in [-0.05, 0) is 43.1 Å². The fraction of sp³-hybridized carbons (Fsp3) is 0.727. The van der Waals surface area contributed by atoms with E-state index in [4.69, 9.17) is 0 Å². The lowest BCUT2D eigenvalue weighted by molar-refractivity contribution is -0.114. The van der Waals surface area contributed by atoms with Crippen LogP contribution >= 0.6 is 0 Å². The summed E-state index contributed by atoms with van der Waals surface area (Å²) in [4.78, 5) is 11.4. The van der Waals surface area contributed by atoms with Crippen LogP contribution in [0.3, 0.4) is 0 Å². The molecule has 0 aromatic rings. The first kappa shape index (κ1) is 8.03. The molecule has 0 amide bonds. The van der Waals surface area contributed by atoms with E-state index in [0.29, 0.717) is 5.78 Å². The van der Waals surface area contributed by atoms with E-state index in [1.807, 2.05) is 0 Å².